The second-order valence-electron chi connectivity index (χ2n) is 7.12. The second kappa shape index (κ2) is 8.42. The van der Waals surface area contributed by atoms with Gasteiger partial charge < -0.3 is 31.3 Å². The van der Waals surface area contributed by atoms with Gasteiger partial charge in [-0.1, -0.05) is 12.1 Å². The molecule has 0 unspecified atom stereocenters. The molecule has 0 spiro atoms. The molecule has 158 valence electrons. The van der Waals surface area contributed by atoms with Crippen LogP contribution in [0.25, 0.3) is 11.1 Å². The van der Waals surface area contributed by atoms with Crippen molar-refractivity contribution in [3.8, 4) is 22.6 Å². The Bertz CT molecular complexity index is 1010. The van der Waals surface area contributed by atoms with Crippen LogP contribution < -0.4 is 16.4 Å². The van der Waals surface area contributed by atoms with Crippen LogP contribution in [0, 0.1) is 0 Å². The fourth-order valence-corrected chi connectivity index (χ4v) is 3.28. The first-order chi connectivity index (χ1) is 14.2. The van der Waals surface area contributed by atoms with Gasteiger partial charge in [-0.25, -0.2) is 4.79 Å². The molecule has 2 aromatic carbocycles. The zero-order valence-electron chi connectivity index (χ0n) is 16.5. The van der Waals surface area contributed by atoms with Crippen LogP contribution in [-0.2, 0) is 25.5 Å². The Morgan fingerprint density at radius 3 is 2.33 bits per heavy atom. The maximum absolute atomic E-state index is 12.5. The molecular weight excluding hydrogens is 390 g/mol. The number of benzene rings is 2. The highest BCUT2D eigenvalue weighted by atomic mass is 16.5. The highest BCUT2D eigenvalue weighted by Gasteiger charge is 2.28. The van der Waals surface area contributed by atoms with Crippen molar-refractivity contribution in [3.05, 3.63) is 47.5 Å². The summed E-state index contributed by atoms with van der Waals surface area (Å²) in [5, 5.41) is 25.8. The van der Waals surface area contributed by atoms with Gasteiger partial charge in [-0.3, -0.25) is 9.59 Å². The molecule has 1 heterocycles. The van der Waals surface area contributed by atoms with E-state index >= 15 is 0 Å². The number of aromatic hydroxyl groups is 2. The number of rotatable bonds is 1. The van der Waals surface area contributed by atoms with E-state index in [-0.39, 0.29) is 23.5 Å². The Morgan fingerprint density at radius 1 is 1.03 bits per heavy atom. The van der Waals surface area contributed by atoms with Crippen molar-refractivity contribution >= 4 is 17.8 Å². The predicted octanol–water partition coefficient (Wildman–Crippen LogP) is 0.483. The van der Waals surface area contributed by atoms with Gasteiger partial charge in [0.2, 0.25) is 11.8 Å². The molecule has 0 saturated carbocycles. The smallest absolute Gasteiger partial charge is 0.328 e. The van der Waals surface area contributed by atoms with Crippen LogP contribution in [0.15, 0.2) is 36.4 Å². The third kappa shape index (κ3) is 4.20. The molecule has 9 heteroatoms. The number of carbonyl (C=O) groups is 3. The summed E-state index contributed by atoms with van der Waals surface area (Å²) < 4.78 is 4.78. The van der Waals surface area contributed by atoms with E-state index in [0.29, 0.717) is 16.7 Å². The van der Waals surface area contributed by atoms with Crippen molar-refractivity contribution < 1.29 is 29.3 Å². The molecule has 0 radical (unpaired) electrons. The lowest BCUT2D eigenvalue weighted by Crippen LogP contribution is -2.52. The highest BCUT2D eigenvalue weighted by molar-refractivity contribution is 5.92. The molecule has 9 nitrogen and oxygen atoms in total. The fraction of sp³-hybridized carbons (Fsp3) is 0.286. The first-order valence-corrected chi connectivity index (χ1v) is 9.30. The average Bonchev–Trinajstić information content (AvgIpc) is 2.73. The number of nitrogens with two attached hydrogens (primary N) is 1. The van der Waals surface area contributed by atoms with Crippen molar-refractivity contribution in [2.45, 2.75) is 31.5 Å². The summed E-state index contributed by atoms with van der Waals surface area (Å²) in [6.07, 6.45) is 0.0757. The number of phenolic OH excluding ortho intramolecular Hbond substituents is 2. The van der Waals surface area contributed by atoms with E-state index < -0.39 is 35.9 Å². The lowest BCUT2D eigenvalue weighted by molar-refractivity contribution is -0.145. The molecule has 4 bridgehead atoms. The van der Waals surface area contributed by atoms with Gasteiger partial charge in [0.05, 0.1) is 7.11 Å². The Morgan fingerprint density at radius 2 is 1.67 bits per heavy atom. The maximum atomic E-state index is 12.5. The van der Waals surface area contributed by atoms with Crippen LogP contribution >= 0.6 is 0 Å². The first kappa shape index (κ1) is 21.1. The number of amides is 2. The molecule has 2 amide bonds. The van der Waals surface area contributed by atoms with Crippen molar-refractivity contribution in [2.24, 2.45) is 5.73 Å². The standard InChI is InChI=1S/C21H23N3O6/c1-10-19(27)24-15(21(29)30-2)8-11-3-5-16(25)13(7-11)14-9-12(4-6-17(14)26)18(22)20(28)23-10/h3-7,9-10,15,18,25-26H,8,22H2,1-2H3,(H,23,28)(H,24,27)/t10-,15-,18-/m0/s1. The minimum absolute atomic E-state index is 0.0757. The lowest BCUT2D eigenvalue weighted by atomic mass is 9.94. The van der Waals surface area contributed by atoms with E-state index in [1.54, 1.807) is 12.1 Å². The second-order valence-corrected chi connectivity index (χ2v) is 7.12. The quantitative estimate of drug-likeness (QED) is 0.427. The van der Waals surface area contributed by atoms with Crippen LogP contribution in [0.3, 0.4) is 0 Å². The SMILES string of the molecule is COC(=O)[C@@H]1Cc2ccc(O)c(c2)-c2cc(ccc2O)[C@H](N)C(=O)N[C@@H](C)C(=O)N1. The number of hydrogen-bond donors (Lipinski definition) is 5. The Labute approximate surface area is 172 Å². The Hall–Kier alpha value is -3.59. The molecule has 6 N–H and O–H groups in total. The molecule has 0 aliphatic carbocycles. The number of methoxy groups -OCH3 is 1. The summed E-state index contributed by atoms with van der Waals surface area (Å²) in [5.41, 5.74) is 7.61. The maximum Gasteiger partial charge on any atom is 0.328 e. The normalized spacial score (nSPS) is 21.8. The summed E-state index contributed by atoms with van der Waals surface area (Å²) in [6.45, 7) is 1.47. The molecule has 0 fully saturated rings. The Balaban J connectivity index is 2.16. The van der Waals surface area contributed by atoms with Crippen LogP contribution in [0.2, 0.25) is 0 Å². The van der Waals surface area contributed by atoms with E-state index in [9.17, 15) is 24.6 Å². The van der Waals surface area contributed by atoms with Crippen molar-refractivity contribution in [1.82, 2.24) is 10.6 Å². The third-order valence-electron chi connectivity index (χ3n) is 5.01. The minimum atomic E-state index is -1.12. The van der Waals surface area contributed by atoms with Crippen LogP contribution in [0.1, 0.15) is 24.1 Å². The van der Waals surface area contributed by atoms with E-state index in [1.165, 1.54) is 38.3 Å². The molecule has 3 atom stereocenters. The summed E-state index contributed by atoms with van der Waals surface area (Å²) in [5.74, 6) is -2.07. The highest BCUT2D eigenvalue weighted by Crippen LogP contribution is 2.37. The fourth-order valence-electron chi connectivity index (χ4n) is 3.28. The number of carbonyl (C=O) groups excluding carboxylic acids is 3. The van der Waals surface area contributed by atoms with Crippen molar-refractivity contribution in [1.29, 1.82) is 0 Å². The van der Waals surface area contributed by atoms with Crippen molar-refractivity contribution in [3.63, 3.8) is 0 Å². The molecule has 1 aliphatic heterocycles. The molecule has 3 rings (SSSR count). The number of hydrogen-bond acceptors (Lipinski definition) is 7. The summed E-state index contributed by atoms with van der Waals surface area (Å²) in [4.78, 5) is 37.2. The van der Waals surface area contributed by atoms with Gasteiger partial charge in [-0.15, -0.1) is 0 Å². The molecule has 30 heavy (non-hydrogen) atoms. The number of fused-ring (bicyclic) bond motifs is 5. The van der Waals surface area contributed by atoms with Gasteiger partial charge in [0.25, 0.3) is 0 Å². The number of esters is 1. The summed E-state index contributed by atoms with van der Waals surface area (Å²) >= 11 is 0. The molecule has 1 aliphatic rings. The van der Waals surface area contributed by atoms with E-state index in [2.05, 4.69) is 10.6 Å². The van der Waals surface area contributed by atoms with Gasteiger partial charge in [0.15, 0.2) is 0 Å². The molecule has 0 aromatic heterocycles. The van der Waals surface area contributed by atoms with Gasteiger partial charge >= 0.3 is 5.97 Å². The minimum Gasteiger partial charge on any atom is -0.507 e. The monoisotopic (exact) mass is 413 g/mol. The first-order valence-electron chi connectivity index (χ1n) is 9.30. The summed E-state index contributed by atoms with van der Waals surface area (Å²) in [6, 6.07) is 5.91. The Kier molecular flexibility index (Phi) is 5.93. The number of nitrogens with one attached hydrogen (secondary N) is 2. The third-order valence-corrected chi connectivity index (χ3v) is 5.01. The van der Waals surface area contributed by atoms with Gasteiger partial charge in [-0.2, -0.15) is 0 Å². The molecular formula is C21H23N3O6. The average molecular weight is 413 g/mol. The lowest BCUT2D eigenvalue weighted by Gasteiger charge is -2.22. The van der Waals surface area contributed by atoms with Gasteiger partial charge in [-0.05, 0) is 42.3 Å². The molecule has 0 saturated heterocycles. The van der Waals surface area contributed by atoms with Crippen molar-refractivity contribution in [2.75, 3.05) is 7.11 Å². The number of ether oxygens (including phenoxy) is 1. The van der Waals surface area contributed by atoms with E-state index in [0.717, 1.165) is 0 Å². The zero-order chi connectivity index (χ0) is 22.0. The van der Waals surface area contributed by atoms with Crippen LogP contribution in [0.5, 0.6) is 11.5 Å². The molecule has 2 aromatic rings. The van der Waals surface area contributed by atoms with E-state index in [1.807, 2.05) is 0 Å². The number of phenols is 2. The largest absolute Gasteiger partial charge is 0.507 e. The predicted molar refractivity (Wildman–Crippen MR) is 107 cm³/mol. The van der Waals surface area contributed by atoms with E-state index in [4.69, 9.17) is 10.5 Å². The topological polar surface area (TPSA) is 151 Å². The van der Waals surface area contributed by atoms with Crippen LogP contribution in [-0.4, -0.2) is 47.2 Å². The zero-order valence-corrected chi connectivity index (χ0v) is 16.5. The van der Waals surface area contributed by atoms with Gasteiger partial charge in [0, 0.05) is 17.5 Å². The van der Waals surface area contributed by atoms with Gasteiger partial charge in [0.1, 0.15) is 29.6 Å². The summed E-state index contributed by atoms with van der Waals surface area (Å²) in [7, 11) is 1.20. The van der Waals surface area contributed by atoms with Crippen LogP contribution in [0.4, 0.5) is 0 Å².